The first-order valence-corrected chi connectivity index (χ1v) is 8.79. The van der Waals surface area contributed by atoms with Crippen LogP contribution in [0.25, 0.3) is 5.57 Å². The molecule has 2 aromatic rings. The number of halogens is 1. The van der Waals surface area contributed by atoms with Crippen molar-refractivity contribution >= 4 is 16.3 Å². The van der Waals surface area contributed by atoms with Crippen molar-refractivity contribution in [3.8, 4) is 0 Å². The molecule has 0 fully saturated rings. The number of hydrogen-bond acceptors (Lipinski definition) is 4. The summed E-state index contributed by atoms with van der Waals surface area (Å²) in [6.07, 6.45) is 0.813. The summed E-state index contributed by atoms with van der Waals surface area (Å²) in [7, 11) is -5.71. The van der Waals surface area contributed by atoms with Crippen molar-refractivity contribution < 1.29 is 28.0 Å². The van der Waals surface area contributed by atoms with E-state index in [1.54, 1.807) is 0 Å². The maximum absolute atomic E-state index is 11.1. The molecule has 3 rings (SSSR count). The van der Waals surface area contributed by atoms with Crippen molar-refractivity contribution in [2.24, 2.45) is 0 Å². The van der Waals surface area contributed by atoms with Crippen molar-refractivity contribution in [2.45, 2.75) is 18.2 Å². The van der Waals surface area contributed by atoms with Gasteiger partial charge in [0.1, 0.15) is 14.5 Å². The van der Waals surface area contributed by atoms with Crippen LogP contribution in [0.2, 0.25) is 0 Å². The quantitative estimate of drug-likeness (QED) is 0.745. The van der Waals surface area contributed by atoms with Crippen LogP contribution in [0, 0.1) is 14.8 Å². The maximum Gasteiger partial charge on any atom is 0.148 e. The van der Waals surface area contributed by atoms with Crippen molar-refractivity contribution in [1.29, 1.82) is 0 Å². The molecule has 1 unspecified atom stereocenters. The Morgan fingerprint density at radius 1 is 1.00 bits per heavy atom. The fourth-order valence-electron chi connectivity index (χ4n) is 2.54. The molecule has 110 valence electrons. The molecule has 0 bridgehead atoms. The van der Waals surface area contributed by atoms with E-state index >= 15 is 0 Å². The smallest absolute Gasteiger partial charge is 0.148 e. The molecular formula is C15H13ClO4S. The monoisotopic (exact) mass is 324 g/mol. The first kappa shape index (κ1) is 14.7. The van der Waals surface area contributed by atoms with E-state index in [0.29, 0.717) is 0 Å². The lowest BCUT2D eigenvalue weighted by Crippen LogP contribution is -2.60. The summed E-state index contributed by atoms with van der Waals surface area (Å²) < 4.78 is 38.8. The number of fused-ring (bicyclic) bond motifs is 2. The van der Waals surface area contributed by atoms with E-state index < -0.39 is 21.0 Å². The predicted molar refractivity (Wildman–Crippen MR) is 71.1 cm³/mol. The molecular weight excluding hydrogens is 312 g/mol. The van der Waals surface area contributed by atoms with Gasteiger partial charge in [-0.3, -0.25) is 0 Å². The van der Waals surface area contributed by atoms with E-state index in [0.717, 1.165) is 32.2 Å². The van der Waals surface area contributed by atoms with Crippen LogP contribution in [0.3, 0.4) is 0 Å². The molecule has 0 saturated heterocycles. The molecule has 0 saturated carbocycles. The summed E-state index contributed by atoms with van der Waals surface area (Å²) in [6, 6.07) is 14.9. The SMILES string of the molecule is CCC1=c2ccccc2=S(O[Cl+3]([O-])([O-])[O-])c2ccccc21. The lowest BCUT2D eigenvalue weighted by Gasteiger charge is -2.20. The van der Waals surface area contributed by atoms with E-state index in [2.05, 4.69) is 6.92 Å². The summed E-state index contributed by atoms with van der Waals surface area (Å²) in [5, 5.41) is 0.945. The third-order valence-corrected chi connectivity index (χ3v) is 5.95. The molecule has 1 aliphatic rings. The summed E-state index contributed by atoms with van der Waals surface area (Å²) in [5.41, 5.74) is 2.08. The largest absolute Gasteiger partial charge is 0.182 e. The van der Waals surface area contributed by atoms with Crippen molar-refractivity contribution in [3.05, 3.63) is 63.8 Å². The first-order valence-electron chi connectivity index (χ1n) is 6.41. The Morgan fingerprint density at radius 2 is 1.67 bits per heavy atom. The van der Waals surface area contributed by atoms with Crippen molar-refractivity contribution in [2.75, 3.05) is 0 Å². The Balaban J connectivity index is 2.42. The van der Waals surface area contributed by atoms with Gasteiger partial charge in [-0.15, -0.1) is 0 Å². The highest BCUT2D eigenvalue weighted by Gasteiger charge is 2.28. The number of hydrogen-bond donors (Lipinski definition) is 0. The van der Waals surface area contributed by atoms with Crippen molar-refractivity contribution in [1.82, 2.24) is 0 Å². The van der Waals surface area contributed by atoms with Gasteiger partial charge in [0, 0.05) is 0 Å². The average molecular weight is 325 g/mol. The predicted octanol–water partition coefficient (Wildman–Crippen LogP) is 0.0168. The normalized spacial score (nSPS) is 17.3. The zero-order valence-corrected chi connectivity index (χ0v) is 12.8. The molecule has 0 aliphatic carbocycles. The van der Waals surface area contributed by atoms with Gasteiger partial charge >= 0.3 is 0 Å². The number of rotatable bonds is 3. The number of benzene rings is 2. The van der Waals surface area contributed by atoms with E-state index in [-0.39, 0.29) is 0 Å². The first-order chi connectivity index (χ1) is 10.0. The minimum absolute atomic E-state index is 0.736. The van der Waals surface area contributed by atoms with E-state index in [1.807, 2.05) is 48.5 Å². The molecule has 0 amide bonds. The summed E-state index contributed by atoms with van der Waals surface area (Å²) in [4.78, 5) is 0.736. The Labute approximate surface area is 126 Å². The third-order valence-electron chi connectivity index (χ3n) is 3.32. The van der Waals surface area contributed by atoms with Crippen LogP contribution in [0.15, 0.2) is 53.4 Å². The van der Waals surface area contributed by atoms with Crippen LogP contribution in [-0.4, -0.2) is 0 Å². The second kappa shape index (κ2) is 5.53. The highest BCUT2D eigenvalue weighted by Crippen LogP contribution is 2.40. The Kier molecular flexibility index (Phi) is 3.88. The van der Waals surface area contributed by atoms with Gasteiger partial charge in [0.25, 0.3) is 0 Å². The summed E-state index contributed by atoms with van der Waals surface area (Å²) >= 11 is 0. The summed E-state index contributed by atoms with van der Waals surface area (Å²) in [5.74, 6) is 0. The van der Waals surface area contributed by atoms with Gasteiger partial charge in [-0.05, 0) is 34.9 Å². The topological polar surface area (TPSA) is 78.4 Å². The minimum Gasteiger partial charge on any atom is -0.182 e. The summed E-state index contributed by atoms with van der Waals surface area (Å²) in [6.45, 7) is 2.05. The van der Waals surface area contributed by atoms with Gasteiger partial charge in [-0.25, -0.2) is 0 Å². The molecule has 1 atom stereocenters. The van der Waals surface area contributed by atoms with E-state index in [1.165, 1.54) is 0 Å². The van der Waals surface area contributed by atoms with E-state index in [4.69, 9.17) is 3.74 Å². The van der Waals surface area contributed by atoms with E-state index in [9.17, 15) is 14.0 Å². The molecule has 1 aliphatic heterocycles. The highest BCUT2D eigenvalue weighted by molar-refractivity contribution is 8.05. The molecule has 0 N–H and O–H groups in total. The molecule has 1 heterocycles. The Bertz CT molecular complexity index is 811. The standard InChI is InChI=1S/C15H13ClO4S/c1-2-11-12-7-3-5-9-14(12)21(20-16(17,18)19)15-10-6-4-8-13(11)15/h3-10H,2H2,1H3. The average Bonchev–Trinajstić information content (AvgIpc) is 2.46. The van der Waals surface area contributed by atoms with Gasteiger partial charge in [0.05, 0.1) is 19.6 Å². The minimum atomic E-state index is -4.49. The molecule has 0 radical (unpaired) electrons. The molecule has 21 heavy (non-hydrogen) atoms. The van der Waals surface area contributed by atoms with Gasteiger partial charge in [-0.2, -0.15) is 14.0 Å². The van der Waals surface area contributed by atoms with Gasteiger partial charge in [0.15, 0.2) is 0 Å². The van der Waals surface area contributed by atoms with Gasteiger partial charge in [0.2, 0.25) is 0 Å². The van der Waals surface area contributed by atoms with Gasteiger partial charge < -0.3 is 0 Å². The lowest BCUT2D eigenvalue weighted by molar-refractivity contribution is -1.91. The highest BCUT2D eigenvalue weighted by atomic mass is 35.7. The second-order valence-corrected chi connectivity index (χ2v) is 7.21. The second-order valence-electron chi connectivity index (χ2n) is 4.53. The zero-order valence-electron chi connectivity index (χ0n) is 11.2. The Morgan fingerprint density at radius 3 is 2.38 bits per heavy atom. The zero-order chi connectivity index (χ0) is 15.0. The van der Waals surface area contributed by atoms with Crippen LogP contribution >= 0.6 is 10.8 Å². The molecule has 0 aromatic heterocycles. The third kappa shape index (κ3) is 2.76. The van der Waals surface area contributed by atoms with Crippen LogP contribution in [0.1, 0.15) is 18.9 Å². The molecule has 2 aromatic carbocycles. The van der Waals surface area contributed by atoms with Crippen LogP contribution in [0.4, 0.5) is 0 Å². The Hall–Kier alpha value is -1.21. The molecule has 6 heteroatoms. The van der Waals surface area contributed by atoms with Crippen LogP contribution < -0.4 is 19.2 Å². The molecule has 0 spiro atoms. The molecule has 4 nitrogen and oxygen atoms in total. The fraction of sp³-hybridized carbons (Fsp3) is 0.133. The van der Waals surface area contributed by atoms with Gasteiger partial charge in [-0.1, -0.05) is 43.3 Å². The lowest BCUT2D eigenvalue weighted by atomic mass is 10.0. The van der Waals surface area contributed by atoms with Crippen molar-refractivity contribution in [3.63, 3.8) is 0 Å². The fourth-order valence-corrected chi connectivity index (χ4v) is 5.13. The maximum atomic E-state index is 11.1. The van der Waals surface area contributed by atoms with Crippen LogP contribution in [-0.2, 0) is 3.74 Å². The van der Waals surface area contributed by atoms with Crippen LogP contribution in [0.5, 0.6) is 0 Å².